The summed E-state index contributed by atoms with van der Waals surface area (Å²) < 4.78 is 11.6. The minimum atomic E-state index is 0.330. The number of ether oxygens (including phenoxy) is 2. The molecule has 0 radical (unpaired) electrons. The first kappa shape index (κ1) is 17.8. The summed E-state index contributed by atoms with van der Waals surface area (Å²) >= 11 is 0. The van der Waals surface area contributed by atoms with Crippen molar-refractivity contribution in [3.8, 4) is 11.5 Å². The van der Waals surface area contributed by atoms with Gasteiger partial charge in [-0.25, -0.2) is 0 Å². The van der Waals surface area contributed by atoms with Crippen LogP contribution in [-0.4, -0.2) is 26.3 Å². The van der Waals surface area contributed by atoms with Gasteiger partial charge in [-0.3, -0.25) is 0 Å². The smallest absolute Gasteiger partial charge is 0.161 e. The molecule has 0 spiro atoms. The van der Waals surface area contributed by atoms with Gasteiger partial charge in [-0.05, 0) is 50.3 Å². The summed E-state index contributed by atoms with van der Waals surface area (Å²) in [6, 6.07) is 7.91. The molecular formula is C18H31NO2. The molecule has 0 unspecified atom stereocenters. The molecule has 0 saturated carbocycles. The third-order valence-electron chi connectivity index (χ3n) is 4.29. The van der Waals surface area contributed by atoms with Crippen LogP contribution in [0.4, 0.5) is 0 Å². The van der Waals surface area contributed by atoms with Gasteiger partial charge in [-0.2, -0.15) is 0 Å². The molecule has 0 amide bonds. The van der Waals surface area contributed by atoms with Crippen molar-refractivity contribution >= 4 is 0 Å². The van der Waals surface area contributed by atoms with Gasteiger partial charge in [0, 0.05) is 6.54 Å². The summed E-state index contributed by atoms with van der Waals surface area (Å²) in [5.74, 6) is 1.69. The third kappa shape index (κ3) is 5.58. The van der Waals surface area contributed by atoms with Crippen molar-refractivity contribution in [2.45, 2.75) is 47.0 Å². The summed E-state index contributed by atoms with van der Waals surface area (Å²) in [5, 5.41) is 3.49. The van der Waals surface area contributed by atoms with Crippen LogP contribution >= 0.6 is 0 Å². The first-order valence-corrected chi connectivity index (χ1v) is 8.26. The lowest BCUT2D eigenvalue weighted by Crippen LogP contribution is -2.34. The lowest BCUT2D eigenvalue weighted by Gasteiger charge is -2.32. The van der Waals surface area contributed by atoms with E-state index in [1.54, 1.807) is 0 Å². The highest BCUT2D eigenvalue weighted by molar-refractivity contribution is 5.39. The molecular weight excluding hydrogens is 262 g/mol. The van der Waals surface area contributed by atoms with Crippen molar-refractivity contribution in [3.63, 3.8) is 0 Å². The third-order valence-corrected chi connectivity index (χ3v) is 4.29. The minimum Gasteiger partial charge on any atom is -0.490 e. The lowest BCUT2D eigenvalue weighted by atomic mass is 9.79. The first-order chi connectivity index (χ1) is 10.2. The normalized spacial score (nSPS) is 11.4. The van der Waals surface area contributed by atoms with Crippen molar-refractivity contribution in [3.05, 3.63) is 24.3 Å². The van der Waals surface area contributed by atoms with E-state index in [1.165, 1.54) is 12.8 Å². The van der Waals surface area contributed by atoms with Crippen LogP contribution in [0.5, 0.6) is 11.5 Å². The topological polar surface area (TPSA) is 30.5 Å². The Morgan fingerprint density at radius 3 is 2.10 bits per heavy atom. The molecule has 3 heteroatoms. The van der Waals surface area contributed by atoms with Crippen molar-refractivity contribution in [1.82, 2.24) is 5.32 Å². The van der Waals surface area contributed by atoms with E-state index in [4.69, 9.17) is 9.47 Å². The van der Waals surface area contributed by atoms with Gasteiger partial charge >= 0.3 is 0 Å². The quantitative estimate of drug-likeness (QED) is 0.661. The minimum absolute atomic E-state index is 0.330. The van der Waals surface area contributed by atoms with Gasteiger partial charge in [0.1, 0.15) is 0 Å². The molecule has 1 rings (SSSR count). The van der Waals surface area contributed by atoms with Gasteiger partial charge in [-0.1, -0.05) is 32.9 Å². The fourth-order valence-corrected chi connectivity index (χ4v) is 2.55. The molecule has 21 heavy (non-hydrogen) atoms. The maximum absolute atomic E-state index is 5.98. The van der Waals surface area contributed by atoms with Crippen LogP contribution < -0.4 is 14.8 Å². The second-order valence-electron chi connectivity index (χ2n) is 5.47. The largest absolute Gasteiger partial charge is 0.490 e. The Balaban J connectivity index is 2.57. The number of hydrogen-bond acceptors (Lipinski definition) is 3. The number of benzene rings is 1. The molecule has 0 heterocycles. The molecule has 1 N–H and O–H groups in total. The molecule has 0 aliphatic heterocycles. The highest BCUT2D eigenvalue weighted by atomic mass is 16.5. The predicted octanol–water partition coefficient (Wildman–Crippen LogP) is 4.27. The van der Waals surface area contributed by atoms with E-state index in [1.807, 2.05) is 31.2 Å². The summed E-state index contributed by atoms with van der Waals surface area (Å²) in [5.41, 5.74) is 0.330. The molecule has 1 aromatic carbocycles. The van der Waals surface area contributed by atoms with Crippen LogP contribution in [0.25, 0.3) is 0 Å². The van der Waals surface area contributed by atoms with E-state index >= 15 is 0 Å². The van der Waals surface area contributed by atoms with Crippen LogP contribution in [0.2, 0.25) is 0 Å². The average molecular weight is 293 g/mol. The zero-order chi connectivity index (χ0) is 15.6. The van der Waals surface area contributed by atoms with Crippen molar-refractivity contribution in [1.29, 1.82) is 0 Å². The van der Waals surface area contributed by atoms with E-state index < -0.39 is 0 Å². The zero-order valence-corrected chi connectivity index (χ0v) is 14.1. The van der Waals surface area contributed by atoms with Crippen molar-refractivity contribution in [2.75, 3.05) is 26.3 Å². The fraction of sp³-hybridized carbons (Fsp3) is 0.667. The first-order valence-electron chi connectivity index (χ1n) is 8.26. The Kier molecular flexibility index (Phi) is 8.21. The van der Waals surface area contributed by atoms with E-state index in [0.29, 0.717) is 12.0 Å². The Morgan fingerprint density at radius 2 is 1.57 bits per heavy atom. The van der Waals surface area contributed by atoms with E-state index in [2.05, 4.69) is 26.1 Å². The number of para-hydroxylation sites is 2. The van der Waals surface area contributed by atoms with Crippen LogP contribution in [0, 0.1) is 5.41 Å². The molecule has 1 aromatic rings. The van der Waals surface area contributed by atoms with Crippen molar-refractivity contribution in [2.24, 2.45) is 5.41 Å². The predicted molar refractivity (Wildman–Crippen MR) is 89.3 cm³/mol. The maximum Gasteiger partial charge on any atom is 0.161 e. The van der Waals surface area contributed by atoms with E-state index in [9.17, 15) is 0 Å². The molecule has 0 saturated heterocycles. The van der Waals surface area contributed by atoms with Gasteiger partial charge in [0.2, 0.25) is 0 Å². The monoisotopic (exact) mass is 293 g/mol. The van der Waals surface area contributed by atoms with Crippen molar-refractivity contribution < 1.29 is 9.47 Å². The number of nitrogens with one attached hydrogen (secondary N) is 1. The molecule has 3 nitrogen and oxygen atoms in total. The fourth-order valence-electron chi connectivity index (χ4n) is 2.55. The Morgan fingerprint density at radius 1 is 0.952 bits per heavy atom. The molecule has 0 fully saturated rings. The van der Waals surface area contributed by atoms with Gasteiger partial charge in [-0.15, -0.1) is 0 Å². The second-order valence-corrected chi connectivity index (χ2v) is 5.47. The zero-order valence-electron chi connectivity index (χ0n) is 14.1. The molecule has 0 bridgehead atoms. The van der Waals surface area contributed by atoms with E-state index in [-0.39, 0.29) is 0 Å². The second kappa shape index (κ2) is 9.67. The molecule has 0 aromatic heterocycles. The summed E-state index contributed by atoms with van der Waals surface area (Å²) in [4.78, 5) is 0. The van der Waals surface area contributed by atoms with Gasteiger partial charge in [0.25, 0.3) is 0 Å². The highest BCUT2D eigenvalue weighted by Gasteiger charge is 2.25. The Bertz CT molecular complexity index is 389. The molecule has 0 atom stereocenters. The maximum atomic E-state index is 5.98. The summed E-state index contributed by atoms with van der Waals surface area (Å²) in [6.45, 7) is 12.2. The SMILES string of the molecule is CCNCC(CC)(CC)CCOc1ccccc1OCC. The molecule has 120 valence electrons. The lowest BCUT2D eigenvalue weighted by molar-refractivity contribution is 0.171. The van der Waals surface area contributed by atoms with Crippen LogP contribution in [0.3, 0.4) is 0 Å². The van der Waals surface area contributed by atoms with E-state index in [0.717, 1.165) is 37.6 Å². The summed E-state index contributed by atoms with van der Waals surface area (Å²) in [6.07, 6.45) is 3.41. The van der Waals surface area contributed by atoms with Gasteiger partial charge < -0.3 is 14.8 Å². The number of rotatable bonds is 11. The Hall–Kier alpha value is -1.22. The Labute approximate surface area is 130 Å². The number of hydrogen-bond donors (Lipinski definition) is 1. The van der Waals surface area contributed by atoms with Crippen LogP contribution in [0.1, 0.15) is 47.0 Å². The van der Waals surface area contributed by atoms with Gasteiger partial charge in [0.15, 0.2) is 11.5 Å². The average Bonchev–Trinajstić information content (AvgIpc) is 2.53. The summed E-state index contributed by atoms with van der Waals surface area (Å²) in [7, 11) is 0. The highest BCUT2D eigenvalue weighted by Crippen LogP contribution is 2.31. The molecule has 0 aliphatic carbocycles. The van der Waals surface area contributed by atoms with Crippen LogP contribution in [0.15, 0.2) is 24.3 Å². The molecule has 0 aliphatic rings. The standard InChI is InChI=1S/C18H31NO2/c1-5-18(6-2,15-19-7-3)13-14-21-17-12-10-9-11-16(17)20-8-4/h9-12,19H,5-8,13-15H2,1-4H3. The van der Waals surface area contributed by atoms with Gasteiger partial charge in [0.05, 0.1) is 13.2 Å². The van der Waals surface area contributed by atoms with Crippen LogP contribution in [-0.2, 0) is 0 Å².